The number of nitrogens with one attached hydrogen (secondary N) is 2. The molecule has 1 amide bonds. The summed E-state index contributed by atoms with van der Waals surface area (Å²) in [5, 5.41) is 5.96. The van der Waals surface area contributed by atoms with Gasteiger partial charge in [0.05, 0.1) is 6.10 Å². The number of piperidine rings is 1. The van der Waals surface area contributed by atoms with E-state index in [0.717, 1.165) is 58.1 Å². The molecule has 1 fully saturated rings. The van der Waals surface area contributed by atoms with Gasteiger partial charge in [-0.05, 0) is 50.5 Å². The molecule has 164 valence electrons. The Labute approximate surface area is 189 Å². The lowest BCUT2D eigenvalue weighted by molar-refractivity contribution is -0.114. The number of benzene rings is 1. The summed E-state index contributed by atoms with van der Waals surface area (Å²) in [6.45, 7) is 5.84. The van der Waals surface area contributed by atoms with Crippen LogP contribution in [0.4, 0.5) is 10.1 Å². The molecule has 1 saturated heterocycles. The van der Waals surface area contributed by atoms with Gasteiger partial charge in [0.1, 0.15) is 12.4 Å². The fraction of sp³-hybridized carbons (Fsp3) is 0.600. The number of hydrogen-bond donors (Lipinski definition) is 2. The Morgan fingerprint density at radius 1 is 1.24 bits per heavy atom. The van der Waals surface area contributed by atoms with Crippen LogP contribution in [0.2, 0.25) is 0 Å². The van der Waals surface area contributed by atoms with Gasteiger partial charge in [0, 0.05) is 45.6 Å². The Kier molecular flexibility index (Phi) is 12.8. The van der Waals surface area contributed by atoms with Crippen molar-refractivity contribution in [2.75, 3.05) is 51.8 Å². The van der Waals surface area contributed by atoms with Crippen LogP contribution in [0.15, 0.2) is 29.3 Å². The molecule has 1 aromatic carbocycles. The van der Waals surface area contributed by atoms with Crippen molar-refractivity contribution in [3.63, 3.8) is 0 Å². The molecule has 0 bridgehead atoms. The van der Waals surface area contributed by atoms with Crippen LogP contribution in [0.5, 0.6) is 0 Å². The fourth-order valence-electron chi connectivity index (χ4n) is 2.99. The first kappa shape index (κ1) is 25.6. The van der Waals surface area contributed by atoms with Crippen molar-refractivity contribution in [1.29, 1.82) is 0 Å². The first-order valence-corrected chi connectivity index (χ1v) is 9.81. The minimum absolute atomic E-state index is 0. The number of nitrogens with zero attached hydrogens (tertiary/aromatic N) is 2. The van der Waals surface area contributed by atoms with Gasteiger partial charge in [0.2, 0.25) is 5.91 Å². The lowest BCUT2D eigenvalue weighted by Crippen LogP contribution is -2.47. The second kappa shape index (κ2) is 14.5. The summed E-state index contributed by atoms with van der Waals surface area (Å²) in [5.74, 6) is 0.157. The summed E-state index contributed by atoms with van der Waals surface area (Å²) >= 11 is 0. The molecule has 1 heterocycles. The van der Waals surface area contributed by atoms with E-state index in [1.807, 2.05) is 6.92 Å². The highest BCUT2D eigenvalue weighted by molar-refractivity contribution is 14.0. The number of carbonyl (C=O) groups excluding carboxylic acids is 1. The number of carbonyl (C=O) groups is 1. The molecule has 2 N–H and O–H groups in total. The Morgan fingerprint density at radius 3 is 2.55 bits per heavy atom. The smallest absolute Gasteiger partial charge is 0.246 e. The maximum absolute atomic E-state index is 12.9. The highest BCUT2D eigenvalue weighted by Crippen LogP contribution is 2.14. The van der Waals surface area contributed by atoms with Gasteiger partial charge < -0.3 is 25.0 Å². The number of likely N-dealkylation sites (tertiary alicyclic amines) is 1. The van der Waals surface area contributed by atoms with E-state index in [9.17, 15) is 9.18 Å². The molecule has 7 nitrogen and oxygen atoms in total. The molecule has 0 atom stereocenters. The Hall–Kier alpha value is -1.46. The van der Waals surface area contributed by atoms with Gasteiger partial charge in [-0.2, -0.15) is 0 Å². The average molecular weight is 522 g/mol. The van der Waals surface area contributed by atoms with Crippen molar-refractivity contribution < 1.29 is 18.7 Å². The minimum Gasteiger partial charge on any atom is -0.385 e. The summed E-state index contributed by atoms with van der Waals surface area (Å²) in [5.41, 5.74) is 0.554. The molecule has 0 unspecified atom stereocenters. The number of aliphatic imine (C=N–C) groups is 1. The standard InChI is InChI=1S/C20H31FN4O3.HI/c1-3-22-20(23-15-19(26)24-17-7-5-16(21)6-8-17)25-11-9-18(10-12-25)28-14-4-13-27-2;/h5-8,18H,3-4,9-15H2,1-2H3,(H,22,23)(H,24,26);1H. The number of amides is 1. The summed E-state index contributed by atoms with van der Waals surface area (Å²) in [6.07, 6.45) is 3.03. The van der Waals surface area contributed by atoms with Gasteiger partial charge in [-0.15, -0.1) is 24.0 Å². The number of halogens is 2. The van der Waals surface area contributed by atoms with Crippen molar-refractivity contribution in [1.82, 2.24) is 10.2 Å². The molecule has 29 heavy (non-hydrogen) atoms. The fourth-order valence-corrected chi connectivity index (χ4v) is 2.99. The van der Waals surface area contributed by atoms with E-state index in [-0.39, 0.29) is 48.3 Å². The van der Waals surface area contributed by atoms with Gasteiger partial charge in [-0.1, -0.05) is 0 Å². The van der Waals surface area contributed by atoms with Gasteiger partial charge in [0.15, 0.2) is 5.96 Å². The van der Waals surface area contributed by atoms with Gasteiger partial charge >= 0.3 is 0 Å². The summed E-state index contributed by atoms with van der Waals surface area (Å²) in [4.78, 5) is 18.7. The van der Waals surface area contributed by atoms with E-state index in [2.05, 4.69) is 20.5 Å². The van der Waals surface area contributed by atoms with Crippen LogP contribution in [0, 0.1) is 5.82 Å². The molecule has 1 aliphatic heterocycles. The largest absolute Gasteiger partial charge is 0.385 e. The van der Waals surface area contributed by atoms with Crippen LogP contribution in [0.3, 0.4) is 0 Å². The number of hydrogen-bond acceptors (Lipinski definition) is 4. The number of guanidine groups is 1. The van der Waals surface area contributed by atoms with E-state index in [1.165, 1.54) is 24.3 Å². The summed E-state index contributed by atoms with van der Waals surface area (Å²) in [6, 6.07) is 5.67. The van der Waals surface area contributed by atoms with Gasteiger partial charge in [-0.3, -0.25) is 4.79 Å². The molecular weight excluding hydrogens is 490 g/mol. The highest BCUT2D eigenvalue weighted by atomic mass is 127. The molecule has 1 aliphatic rings. The van der Waals surface area contributed by atoms with E-state index in [4.69, 9.17) is 9.47 Å². The van der Waals surface area contributed by atoms with E-state index >= 15 is 0 Å². The molecule has 2 rings (SSSR count). The highest BCUT2D eigenvalue weighted by Gasteiger charge is 2.22. The van der Waals surface area contributed by atoms with Crippen LogP contribution >= 0.6 is 24.0 Å². The molecule has 0 aliphatic carbocycles. The van der Waals surface area contributed by atoms with Crippen LogP contribution in [-0.2, 0) is 14.3 Å². The van der Waals surface area contributed by atoms with E-state index in [1.54, 1.807) is 7.11 Å². The molecule has 0 aromatic heterocycles. The lowest BCUT2D eigenvalue weighted by Gasteiger charge is -2.34. The topological polar surface area (TPSA) is 75.2 Å². The minimum atomic E-state index is -0.337. The summed E-state index contributed by atoms with van der Waals surface area (Å²) in [7, 11) is 1.69. The Bertz CT molecular complexity index is 623. The van der Waals surface area contributed by atoms with E-state index in [0.29, 0.717) is 5.69 Å². The second-order valence-electron chi connectivity index (χ2n) is 6.63. The molecular formula is C20H32FIN4O3. The molecule has 0 radical (unpaired) electrons. The van der Waals surface area contributed by atoms with Gasteiger partial charge in [-0.25, -0.2) is 9.38 Å². The van der Waals surface area contributed by atoms with Crippen molar-refractivity contribution in [2.45, 2.75) is 32.3 Å². The molecule has 1 aromatic rings. The Balaban J connectivity index is 0.00000420. The number of methoxy groups -OCH3 is 1. The summed E-state index contributed by atoms with van der Waals surface area (Å²) < 4.78 is 23.9. The average Bonchev–Trinajstić information content (AvgIpc) is 2.71. The first-order valence-electron chi connectivity index (χ1n) is 9.81. The monoisotopic (exact) mass is 522 g/mol. The van der Waals surface area contributed by atoms with Crippen LogP contribution in [0.1, 0.15) is 26.2 Å². The van der Waals surface area contributed by atoms with Crippen molar-refractivity contribution in [3.8, 4) is 0 Å². The number of anilines is 1. The molecule has 0 spiro atoms. The van der Waals surface area contributed by atoms with Crippen LogP contribution in [0.25, 0.3) is 0 Å². The molecule has 9 heteroatoms. The zero-order valence-corrected chi connectivity index (χ0v) is 19.5. The van der Waals surface area contributed by atoms with Gasteiger partial charge in [0.25, 0.3) is 0 Å². The lowest BCUT2D eigenvalue weighted by atomic mass is 10.1. The number of ether oxygens (including phenoxy) is 2. The Morgan fingerprint density at radius 2 is 1.93 bits per heavy atom. The van der Waals surface area contributed by atoms with Crippen molar-refractivity contribution in [3.05, 3.63) is 30.1 Å². The van der Waals surface area contributed by atoms with Crippen molar-refractivity contribution in [2.24, 2.45) is 4.99 Å². The second-order valence-corrected chi connectivity index (χ2v) is 6.63. The van der Waals surface area contributed by atoms with Crippen LogP contribution < -0.4 is 10.6 Å². The number of rotatable bonds is 9. The van der Waals surface area contributed by atoms with E-state index < -0.39 is 0 Å². The first-order chi connectivity index (χ1) is 13.6. The zero-order valence-electron chi connectivity index (χ0n) is 17.2. The van der Waals surface area contributed by atoms with Crippen LogP contribution in [-0.4, -0.2) is 69.4 Å². The third-order valence-electron chi connectivity index (χ3n) is 4.42. The quantitative estimate of drug-likeness (QED) is 0.226. The predicted octanol–water partition coefficient (Wildman–Crippen LogP) is 2.87. The zero-order chi connectivity index (χ0) is 20.2. The SMILES string of the molecule is CCNC(=NCC(=O)Nc1ccc(F)cc1)N1CCC(OCCCOC)CC1.I. The third kappa shape index (κ3) is 9.72. The maximum atomic E-state index is 12.9. The predicted molar refractivity (Wildman–Crippen MR) is 123 cm³/mol. The maximum Gasteiger partial charge on any atom is 0.246 e. The third-order valence-corrected chi connectivity index (χ3v) is 4.42. The van der Waals surface area contributed by atoms with Crippen molar-refractivity contribution >= 4 is 41.5 Å². The normalized spacial score (nSPS) is 15.0. The molecule has 0 saturated carbocycles.